The van der Waals surface area contributed by atoms with E-state index in [-0.39, 0.29) is 23.3 Å². The summed E-state index contributed by atoms with van der Waals surface area (Å²) >= 11 is 0. The van der Waals surface area contributed by atoms with Crippen molar-refractivity contribution in [3.05, 3.63) is 101 Å². The van der Waals surface area contributed by atoms with Crippen molar-refractivity contribution in [3.63, 3.8) is 0 Å². The SMILES string of the molecule is Cc1c(C#Cc2cccc3c2[N+](c2ccccc2)=C([C@H](C)NC(=O)c2c(N)nn4cccnc24)C3)cnn1C. The predicted octanol–water partition coefficient (Wildman–Crippen LogP) is 3.40. The summed E-state index contributed by atoms with van der Waals surface area (Å²) in [6.07, 6.45) is 5.78. The molecule has 3 N–H and O–H groups in total. The minimum atomic E-state index is -0.322. The number of amides is 1. The number of nitrogens with one attached hydrogen (secondary N) is 1. The Balaban J connectivity index is 1.42. The van der Waals surface area contributed by atoms with E-state index in [0.717, 1.165) is 39.5 Å². The molecule has 0 unspecified atom stereocenters. The number of carbonyl (C=O) groups excluding carboxylic acids is 1. The van der Waals surface area contributed by atoms with Crippen LogP contribution in [0.3, 0.4) is 0 Å². The fourth-order valence-corrected chi connectivity index (χ4v) is 4.97. The molecular formula is C30H27N8O+. The number of nitrogens with zero attached hydrogens (tertiary/aromatic N) is 6. The van der Waals surface area contributed by atoms with Crippen LogP contribution in [0, 0.1) is 18.8 Å². The molecule has 4 heterocycles. The number of fused-ring (bicyclic) bond motifs is 2. The van der Waals surface area contributed by atoms with Gasteiger partial charge in [-0.05, 0) is 26.0 Å². The Bertz CT molecular complexity index is 1840. The molecule has 0 bridgehead atoms. The molecule has 2 aromatic carbocycles. The standard InChI is InChI=1S/C30H26N8O/c1-19(34-30(39)26-28(31)35-37-16-8-15-32-29(26)37)25-17-22-10-7-9-21(13-14-23-18-33-36(3)20(23)2)27(22)38(25)24-11-5-4-6-12-24/h4-12,15-16,18-19H,17H2,1-3H3,(H2-,31,34,35,39)/p+1/t19-/m0/s1. The molecule has 9 heteroatoms. The van der Waals surface area contributed by atoms with E-state index < -0.39 is 0 Å². The summed E-state index contributed by atoms with van der Waals surface area (Å²) in [5.41, 5.74) is 13.8. The first kappa shape index (κ1) is 24.1. The zero-order chi connectivity index (χ0) is 27.1. The highest BCUT2D eigenvalue weighted by molar-refractivity contribution is 6.08. The maximum atomic E-state index is 13.4. The lowest BCUT2D eigenvalue weighted by molar-refractivity contribution is 0.0951. The maximum Gasteiger partial charge on any atom is 0.259 e. The van der Waals surface area contributed by atoms with Crippen LogP contribution in [-0.4, -0.2) is 42.0 Å². The number of anilines is 1. The van der Waals surface area contributed by atoms with Gasteiger partial charge in [0.15, 0.2) is 17.2 Å². The number of hydrogen-bond donors (Lipinski definition) is 2. The second-order valence-corrected chi connectivity index (χ2v) is 9.51. The molecular weight excluding hydrogens is 488 g/mol. The van der Waals surface area contributed by atoms with Gasteiger partial charge in [0, 0.05) is 37.1 Å². The van der Waals surface area contributed by atoms with Crippen molar-refractivity contribution in [2.24, 2.45) is 7.05 Å². The monoisotopic (exact) mass is 515 g/mol. The van der Waals surface area contributed by atoms with Crippen LogP contribution in [0.25, 0.3) is 5.65 Å². The third kappa shape index (κ3) is 4.22. The number of para-hydroxylation sites is 2. The number of nitrogen functional groups attached to an aromatic ring is 1. The molecule has 1 aliphatic rings. The van der Waals surface area contributed by atoms with E-state index in [1.165, 1.54) is 4.52 Å². The number of nitrogens with two attached hydrogens (primary N) is 1. The van der Waals surface area contributed by atoms with Crippen LogP contribution in [0.2, 0.25) is 0 Å². The minimum absolute atomic E-state index is 0.140. The second-order valence-electron chi connectivity index (χ2n) is 9.51. The van der Waals surface area contributed by atoms with Crippen molar-refractivity contribution in [1.82, 2.24) is 34.3 Å². The molecule has 5 aromatic rings. The predicted molar refractivity (Wildman–Crippen MR) is 151 cm³/mol. The summed E-state index contributed by atoms with van der Waals surface area (Å²) in [4.78, 5) is 17.7. The third-order valence-corrected chi connectivity index (χ3v) is 7.08. The minimum Gasteiger partial charge on any atom is -0.381 e. The normalized spacial score (nSPS) is 13.2. The van der Waals surface area contributed by atoms with Crippen molar-refractivity contribution >= 4 is 34.5 Å². The van der Waals surface area contributed by atoms with Crippen molar-refractivity contribution in [2.75, 3.05) is 5.73 Å². The van der Waals surface area contributed by atoms with Gasteiger partial charge in [-0.2, -0.15) is 9.67 Å². The Morgan fingerprint density at radius 3 is 2.67 bits per heavy atom. The highest BCUT2D eigenvalue weighted by Gasteiger charge is 2.37. The first-order valence-corrected chi connectivity index (χ1v) is 12.7. The van der Waals surface area contributed by atoms with Gasteiger partial charge in [-0.3, -0.25) is 9.48 Å². The topological polar surface area (TPSA) is 106 Å². The quantitative estimate of drug-likeness (QED) is 0.282. The lowest BCUT2D eigenvalue weighted by Gasteiger charge is -2.13. The summed E-state index contributed by atoms with van der Waals surface area (Å²) in [5.74, 6) is 6.50. The molecule has 39 heavy (non-hydrogen) atoms. The maximum absolute atomic E-state index is 13.4. The number of rotatable bonds is 4. The largest absolute Gasteiger partial charge is 0.381 e. The fourth-order valence-electron chi connectivity index (χ4n) is 4.97. The first-order chi connectivity index (χ1) is 18.9. The van der Waals surface area contributed by atoms with Crippen LogP contribution in [0.1, 0.15) is 39.7 Å². The van der Waals surface area contributed by atoms with Gasteiger partial charge in [0.25, 0.3) is 5.91 Å². The zero-order valence-corrected chi connectivity index (χ0v) is 21.9. The van der Waals surface area contributed by atoms with Gasteiger partial charge in [0.1, 0.15) is 11.6 Å². The Morgan fingerprint density at radius 1 is 1.10 bits per heavy atom. The van der Waals surface area contributed by atoms with Crippen molar-refractivity contribution in [1.29, 1.82) is 0 Å². The molecule has 0 spiro atoms. The second kappa shape index (κ2) is 9.58. The van der Waals surface area contributed by atoms with E-state index in [4.69, 9.17) is 5.73 Å². The zero-order valence-electron chi connectivity index (χ0n) is 21.9. The fraction of sp³-hybridized carbons (Fsp3) is 0.167. The van der Waals surface area contributed by atoms with E-state index in [2.05, 4.69) is 55.1 Å². The summed E-state index contributed by atoms with van der Waals surface area (Å²) in [5, 5.41) is 11.7. The van der Waals surface area contributed by atoms with Crippen molar-refractivity contribution in [3.8, 4) is 11.8 Å². The summed E-state index contributed by atoms with van der Waals surface area (Å²) in [6.45, 7) is 3.99. The van der Waals surface area contributed by atoms with Gasteiger partial charge in [-0.15, -0.1) is 5.10 Å². The molecule has 0 saturated carbocycles. The van der Waals surface area contributed by atoms with Crippen LogP contribution in [-0.2, 0) is 13.5 Å². The number of aryl methyl sites for hydroxylation is 1. The van der Waals surface area contributed by atoms with Crippen LogP contribution in [0.4, 0.5) is 17.2 Å². The summed E-state index contributed by atoms with van der Waals surface area (Å²) in [7, 11) is 1.91. The highest BCUT2D eigenvalue weighted by Crippen LogP contribution is 2.34. The Kier molecular flexibility index (Phi) is 5.92. The van der Waals surface area contributed by atoms with Crippen LogP contribution in [0.15, 0.2) is 73.2 Å². The van der Waals surface area contributed by atoms with Gasteiger partial charge in [-0.25, -0.2) is 9.50 Å². The smallest absolute Gasteiger partial charge is 0.259 e. The molecule has 9 nitrogen and oxygen atoms in total. The highest BCUT2D eigenvalue weighted by atomic mass is 16.1. The van der Waals surface area contributed by atoms with Crippen molar-refractivity contribution < 1.29 is 4.79 Å². The Hall–Kier alpha value is -5.23. The van der Waals surface area contributed by atoms with Gasteiger partial charge in [-0.1, -0.05) is 42.2 Å². The molecule has 1 amide bonds. The van der Waals surface area contributed by atoms with E-state index in [1.807, 2.05) is 55.9 Å². The number of hydrogen-bond acceptors (Lipinski definition) is 5. The average molecular weight is 516 g/mol. The van der Waals surface area contributed by atoms with E-state index in [1.54, 1.807) is 24.7 Å². The van der Waals surface area contributed by atoms with Gasteiger partial charge < -0.3 is 11.1 Å². The number of carbonyl (C=O) groups is 1. The van der Waals surface area contributed by atoms with Crippen LogP contribution in [0.5, 0.6) is 0 Å². The van der Waals surface area contributed by atoms with E-state index in [9.17, 15) is 4.79 Å². The molecule has 192 valence electrons. The van der Waals surface area contributed by atoms with E-state index in [0.29, 0.717) is 12.1 Å². The molecule has 3 aromatic heterocycles. The van der Waals surface area contributed by atoms with E-state index >= 15 is 0 Å². The molecule has 0 saturated heterocycles. The number of benzene rings is 2. The molecule has 0 aliphatic carbocycles. The molecule has 1 atom stereocenters. The number of aromatic nitrogens is 5. The lowest BCUT2D eigenvalue weighted by Crippen LogP contribution is -2.41. The average Bonchev–Trinajstić information content (AvgIpc) is 3.60. The van der Waals surface area contributed by atoms with Crippen LogP contribution < -0.4 is 15.6 Å². The van der Waals surface area contributed by atoms with Crippen LogP contribution >= 0.6 is 0 Å². The van der Waals surface area contributed by atoms with Crippen molar-refractivity contribution in [2.45, 2.75) is 26.3 Å². The first-order valence-electron chi connectivity index (χ1n) is 12.7. The van der Waals surface area contributed by atoms with Gasteiger partial charge in [0.2, 0.25) is 11.4 Å². The summed E-state index contributed by atoms with van der Waals surface area (Å²) < 4.78 is 5.54. The molecule has 0 fully saturated rings. The van der Waals surface area contributed by atoms with Gasteiger partial charge >= 0.3 is 0 Å². The Labute approximate surface area is 225 Å². The molecule has 0 radical (unpaired) electrons. The molecule has 1 aliphatic heterocycles. The Morgan fingerprint density at radius 2 is 1.90 bits per heavy atom. The summed E-state index contributed by atoms with van der Waals surface area (Å²) in [6, 6.07) is 17.7. The van der Waals surface area contributed by atoms with Gasteiger partial charge in [0.05, 0.1) is 29.4 Å². The third-order valence-electron chi connectivity index (χ3n) is 7.08. The molecule has 6 rings (SSSR count). The lowest BCUT2D eigenvalue weighted by atomic mass is 10.0.